The van der Waals surface area contributed by atoms with Gasteiger partial charge in [-0.1, -0.05) is 48.3 Å². The molecule has 2 fully saturated rings. The molecule has 2 atom stereocenters. The van der Waals surface area contributed by atoms with Gasteiger partial charge in [0, 0.05) is 27.5 Å². The summed E-state index contributed by atoms with van der Waals surface area (Å²) in [7, 11) is 0. The summed E-state index contributed by atoms with van der Waals surface area (Å²) in [5.41, 5.74) is 1.72. The molecule has 1 aliphatic carbocycles. The second-order valence-corrected chi connectivity index (χ2v) is 12.6. The zero-order valence-corrected chi connectivity index (χ0v) is 23.0. The molecule has 7 nitrogen and oxygen atoms in total. The molecule has 2 heterocycles. The van der Waals surface area contributed by atoms with E-state index in [0.29, 0.717) is 28.9 Å². The van der Waals surface area contributed by atoms with Crippen molar-refractivity contribution < 1.29 is 14.6 Å². The van der Waals surface area contributed by atoms with Crippen LogP contribution < -0.4 is 4.74 Å². The van der Waals surface area contributed by atoms with Gasteiger partial charge in [0.2, 0.25) is 5.88 Å². The number of rotatable bonds is 6. The molecule has 1 saturated carbocycles. The molecule has 3 aromatic rings. The second-order valence-electron chi connectivity index (χ2n) is 11.2. The summed E-state index contributed by atoms with van der Waals surface area (Å²) in [6.07, 6.45) is 3.53. The highest BCUT2D eigenvalue weighted by atomic mass is 79.9. The molecular weight excluding hydrogens is 544 g/mol. The van der Waals surface area contributed by atoms with Gasteiger partial charge < -0.3 is 9.84 Å². The number of carbonyl (C=O) groups excluding carboxylic acids is 1. The van der Waals surface area contributed by atoms with E-state index in [9.17, 15) is 9.90 Å². The lowest BCUT2D eigenvalue weighted by molar-refractivity contribution is -0.120. The maximum Gasteiger partial charge on any atom is 0.302 e. The lowest BCUT2D eigenvalue weighted by atomic mass is 9.65. The molecule has 1 aliphatic heterocycles. The number of benzene rings is 2. The highest BCUT2D eigenvalue weighted by molar-refractivity contribution is 9.10. The fourth-order valence-corrected chi connectivity index (χ4v) is 6.76. The van der Waals surface area contributed by atoms with Crippen LogP contribution in [0, 0.1) is 10.8 Å². The minimum atomic E-state index is -0.552. The molecule has 1 amide bonds. The summed E-state index contributed by atoms with van der Waals surface area (Å²) in [4.78, 5) is 14.8. The van der Waals surface area contributed by atoms with E-state index in [2.05, 4.69) is 51.8 Å². The number of nitrogens with zero attached hydrogens (tertiary/aromatic N) is 4. The van der Waals surface area contributed by atoms with Crippen molar-refractivity contribution in [2.75, 3.05) is 13.2 Å². The standard InChI is InChI=1S/C27H30BrClN4O3/c1-26(2)11-19-12-27(3,14-26)15-32(19)16-33-22-9-4-17(28)10-21(22)24(25(33)35)31-30-23(34)13-36-20-7-5-18(29)6-8-20/h4-10,19,35H,11-16H2,1-3H3/t19-,27-/m0/s1. The number of aromatic hydroxyl groups is 1. The van der Waals surface area contributed by atoms with Crippen molar-refractivity contribution >= 4 is 50.0 Å². The summed E-state index contributed by atoms with van der Waals surface area (Å²) < 4.78 is 8.20. The molecule has 2 aromatic carbocycles. The molecule has 1 N–H and O–H groups in total. The zero-order chi connectivity index (χ0) is 25.7. The Labute approximate surface area is 224 Å². The Hall–Kier alpha value is -2.42. The van der Waals surface area contributed by atoms with Crippen LogP contribution in [0.1, 0.15) is 40.0 Å². The van der Waals surface area contributed by atoms with E-state index in [1.54, 1.807) is 24.3 Å². The monoisotopic (exact) mass is 572 g/mol. The third-order valence-corrected chi connectivity index (χ3v) is 8.00. The fraction of sp³-hybridized carbons (Fsp3) is 0.444. The minimum absolute atomic E-state index is 0.00382. The van der Waals surface area contributed by atoms with Gasteiger partial charge >= 0.3 is 5.91 Å². The topological polar surface area (TPSA) is 79.4 Å². The molecule has 2 bridgehead atoms. The SMILES string of the molecule is CC1(C)C[C@H]2C[C@](C)(CN2Cn2c(O)c(N=NC(=O)COc3ccc(Cl)cc3)c3cc(Br)ccc32)C1. The number of amides is 1. The van der Waals surface area contributed by atoms with Crippen LogP contribution in [0.2, 0.25) is 5.02 Å². The van der Waals surface area contributed by atoms with Gasteiger partial charge in [0.05, 0.1) is 12.2 Å². The number of carbonyl (C=O) groups is 1. The number of hydrogen-bond donors (Lipinski definition) is 1. The smallest absolute Gasteiger partial charge is 0.302 e. The van der Waals surface area contributed by atoms with Crippen molar-refractivity contribution in [3.05, 3.63) is 52.0 Å². The first-order chi connectivity index (χ1) is 17.0. The lowest BCUT2D eigenvalue weighted by Crippen LogP contribution is -2.35. The minimum Gasteiger partial charge on any atom is -0.493 e. The first-order valence-electron chi connectivity index (χ1n) is 12.1. The number of halogens is 2. The van der Waals surface area contributed by atoms with Crippen molar-refractivity contribution in [3.8, 4) is 11.6 Å². The molecule has 190 valence electrons. The fourth-order valence-electron chi connectivity index (χ4n) is 6.27. The quantitative estimate of drug-likeness (QED) is 0.314. The van der Waals surface area contributed by atoms with Crippen LogP contribution in [0.25, 0.3) is 10.9 Å². The Kier molecular flexibility index (Phi) is 6.64. The Morgan fingerprint density at radius 2 is 1.94 bits per heavy atom. The predicted molar refractivity (Wildman–Crippen MR) is 144 cm³/mol. The van der Waals surface area contributed by atoms with Crippen molar-refractivity contribution in [1.82, 2.24) is 9.47 Å². The first kappa shape index (κ1) is 25.2. The molecule has 0 unspecified atom stereocenters. The normalized spacial score (nSPS) is 23.5. The summed E-state index contributed by atoms with van der Waals surface area (Å²) in [5.74, 6) is -0.0353. The summed E-state index contributed by atoms with van der Waals surface area (Å²) in [6, 6.07) is 13.0. The van der Waals surface area contributed by atoms with E-state index >= 15 is 0 Å². The number of fused-ring (bicyclic) bond motifs is 3. The first-order valence-corrected chi connectivity index (χ1v) is 13.3. The third kappa shape index (κ3) is 5.17. The second kappa shape index (κ2) is 9.47. The van der Waals surface area contributed by atoms with Crippen LogP contribution in [0.15, 0.2) is 57.2 Å². The van der Waals surface area contributed by atoms with Crippen LogP contribution in [-0.4, -0.2) is 39.7 Å². The van der Waals surface area contributed by atoms with E-state index in [1.807, 2.05) is 22.8 Å². The van der Waals surface area contributed by atoms with Crippen molar-refractivity contribution in [1.29, 1.82) is 0 Å². The average molecular weight is 574 g/mol. The molecule has 1 aromatic heterocycles. The molecule has 5 rings (SSSR count). The van der Waals surface area contributed by atoms with Gasteiger partial charge in [0.1, 0.15) is 5.75 Å². The molecule has 0 spiro atoms. The summed E-state index contributed by atoms with van der Waals surface area (Å²) >= 11 is 9.39. The Bertz CT molecular complexity index is 1340. The Morgan fingerprint density at radius 1 is 1.19 bits per heavy atom. The van der Waals surface area contributed by atoms with Gasteiger partial charge in [-0.15, -0.1) is 10.2 Å². The molecule has 9 heteroatoms. The van der Waals surface area contributed by atoms with E-state index in [-0.39, 0.29) is 23.6 Å². The van der Waals surface area contributed by atoms with Crippen molar-refractivity contribution in [2.24, 2.45) is 21.1 Å². The van der Waals surface area contributed by atoms with E-state index in [0.717, 1.165) is 28.3 Å². The van der Waals surface area contributed by atoms with Crippen molar-refractivity contribution in [3.63, 3.8) is 0 Å². The van der Waals surface area contributed by atoms with Gasteiger partial charge in [0.25, 0.3) is 0 Å². The summed E-state index contributed by atoms with van der Waals surface area (Å²) in [5, 5.41) is 20.5. The van der Waals surface area contributed by atoms with Gasteiger partial charge in [-0.05, 0) is 72.6 Å². The number of aromatic nitrogens is 1. The van der Waals surface area contributed by atoms with Crippen LogP contribution in [0.4, 0.5) is 5.69 Å². The van der Waals surface area contributed by atoms with Gasteiger partial charge in [-0.25, -0.2) is 0 Å². The Morgan fingerprint density at radius 3 is 2.69 bits per heavy atom. The molecule has 2 aliphatic rings. The molecule has 0 radical (unpaired) electrons. The van der Waals surface area contributed by atoms with Crippen LogP contribution in [-0.2, 0) is 11.5 Å². The number of likely N-dealkylation sites (tertiary alicyclic amines) is 1. The maximum atomic E-state index is 12.4. The largest absolute Gasteiger partial charge is 0.493 e. The molecule has 1 saturated heterocycles. The van der Waals surface area contributed by atoms with Crippen LogP contribution >= 0.6 is 27.5 Å². The highest BCUT2D eigenvalue weighted by Gasteiger charge is 2.49. The van der Waals surface area contributed by atoms with E-state index in [1.165, 1.54) is 12.8 Å². The predicted octanol–water partition coefficient (Wildman–Crippen LogP) is 7.31. The third-order valence-electron chi connectivity index (χ3n) is 7.26. The van der Waals surface area contributed by atoms with Gasteiger partial charge in [0.15, 0.2) is 12.3 Å². The zero-order valence-electron chi connectivity index (χ0n) is 20.7. The number of hydrogen-bond acceptors (Lipinski definition) is 5. The lowest BCUT2D eigenvalue weighted by Gasteiger charge is -2.40. The Balaban J connectivity index is 1.38. The average Bonchev–Trinajstić information content (AvgIpc) is 3.19. The van der Waals surface area contributed by atoms with Crippen LogP contribution in [0.3, 0.4) is 0 Å². The van der Waals surface area contributed by atoms with E-state index < -0.39 is 5.91 Å². The summed E-state index contributed by atoms with van der Waals surface area (Å²) in [6.45, 7) is 8.37. The molecule has 36 heavy (non-hydrogen) atoms. The van der Waals surface area contributed by atoms with Gasteiger partial charge in [-0.3, -0.25) is 14.3 Å². The van der Waals surface area contributed by atoms with Gasteiger partial charge in [-0.2, -0.15) is 0 Å². The van der Waals surface area contributed by atoms with E-state index in [4.69, 9.17) is 16.3 Å². The number of azo groups is 1. The van der Waals surface area contributed by atoms with Crippen molar-refractivity contribution in [2.45, 2.75) is 52.7 Å². The number of ether oxygens (including phenoxy) is 1. The highest BCUT2D eigenvalue weighted by Crippen LogP contribution is 2.53. The maximum absolute atomic E-state index is 12.4. The van der Waals surface area contributed by atoms with Crippen LogP contribution in [0.5, 0.6) is 11.6 Å². The molecular formula is C27H30BrClN4O3.